The normalized spacial score (nSPS) is 15.3. The van der Waals surface area contributed by atoms with E-state index in [1.807, 2.05) is 51.6 Å². The van der Waals surface area contributed by atoms with Crippen molar-refractivity contribution < 1.29 is 9.59 Å². The van der Waals surface area contributed by atoms with Crippen LogP contribution < -0.4 is 0 Å². The summed E-state index contributed by atoms with van der Waals surface area (Å²) in [4.78, 5) is 29.6. The summed E-state index contributed by atoms with van der Waals surface area (Å²) in [5, 5.41) is 1.91. The van der Waals surface area contributed by atoms with Gasteiger partial charge in [-0.3, -0.25) is 9.59 Å². The summed E-state index contributed by atoms with van der Waals surface area (Å²) < 4.78 is 0.964. The van der Waals surface area contributed by atoms with Gasteiger partial charge in [0.2, 0.25) is 0 Å². The summed E-state index contributed by atoms with van der Waals surface area (Å²) >= 11 is 3.66. The van der Waals surface area contributed by atoms with Gasteiger partial charge in [-0.25, -0.2) is 0 Å². The van der Waals surface area contributed by atoms with Gasteiger partial charge in [-0.1, -0.05) is 18.2 Å². The average molecular weight is 440 g/mol. The van der Waals surface area contributed by atoms with Gasteiger partial charge in [0.1, 0.15) is 0 Å². The van der Waals surface area contributed by atoms with E-state index in [9.17, 15) is 9.59 Å². The highest BCUT2D eigenvalue weighted by atomic mass is 127. The van der Waals surface area contributed by atoms with E-state index < -0.39 is 0 Å². The van der Waals surface area contributed by atoms with Crippen LogP contribution >= 0.6 is 33.9 Å². The topological polar surface area (TPSA) is 40.6 Å². The molecule has 0 unspecified atom stereocenters. The fraction of sp³-hybridized carbons (Fsp3) is 0.294. The number of nitrogens with zero attached hydrogens (tertiary/aromatic N) is 2. The molecule has 3 rings (SSSR count). The molecular weight excluding hydrogens is 423 g/mol. The zero-order chi connectivity index (χ0) is 16.2. The van der Waals surface area contributed by atoms with E-state index in [2.05, 4.69) is 22.6 Å². The molecule has 0 spiro atoms. The molecule has 1 aliphatic heterocycles. The van der Waals surface area contributed by atoms with Gasteiger partial charge < -0.3 is 9.80 Å². The number of amides is 2. The first-order valence-corrected chi connectivity index (χ1v) is 9.49. The largest absolute Gasteiger partial charge is 0.337 e. The standard InChI is InChI=1S/C17H17IN2O2S/c18-14-6-2-1-5-13(14)16(21)19-8-4-9-20(11-10-19)17(22)15-7-3-12-23-15/h1-3,5-7,12H,4,8-11H2. The average Bonchev–Trinajstić information content (AvgIpc) is 2.98. The first-order chi connectivity index (χ1) is 11.2. The van der Waals surface area contributed by atoms with Crippen LogP contribution in [0.3, 0.4) is 0 Å². The molecule has 0 bridgehead atoms. The maximum absolute atomic E-state index is 12.7. The lowest BCUT2D eigenvalue weighted by Crippen LogP contribution is -2.37. The molecule has 0 saturated carbocycles. The van der Waals surface area contributed by atoms with Crippen molar-refractivity contribution in [1.82, 2.24) is 9.80 Å². The summed E-state index contributed by atoms with van der Waals surface area (Å²) in [5.74, 6) is 0.129. The monoisotopic (exact) mass is 440 g/mol. The predicted octanol–water partition coefficient (Wildman–Crippen LogP) is 3.34. The highest BCUT2D eigenvalue weighted by molar-refractivity contribution is 14.1. The second-order valence-electron chi connectivity index (χ2n) is 5.40. The fourth-order valence-corrected chi connectivity index (χ4v) is 3.99. The lowest BCUT2D eigenvalue weighted by atomic mass is 10.2. The van der Waals surface area contributed by atoms with Gasteiger partial charge in [0.05, 0.1) is 10.4 Å². The summed E-state index contributed by atoms with van der Waals surface area (Å²) in [6, 6.07) is 11.4. The minimum absolute atomic E-state index is 0.0559. The van der Waals surface area contributed by atoms with Crippen molar-refractivity contribution in [3.05, 3.63) is 55.8 Å². The van der Waals surface area contributed by atoms with E-state index in [-0.39, 0.29) is 11.8 Å². The summed E-state index contributed by atoms with van der Waals surface area (Å²) in [6.07, 6.45) is 0.812. The van der Waals surface area contributed by atoms with E-state index in [1.165, 1.54) is 11.3 Å². The van der Waals surface area contributed by atoms with Crippen molar-refractivity contribution in [2.24, 2.45) is 0 Å². The Morgan fingerprint density at radius 1 is 0.913 bits per heavy atom. The molecule has 1 aromatic carbocycles. The minimum atomic E-state index is 0.0559. The van der Waals surface area contributed by atoms with Crippen LogP contribution in [-0.4, -0.2) is 47.8 Å². The first-order valence-electron chi connectivity index (χ1n) is 7.53. The number of carbonyl (C=O) groups is 2. The third-order valence-corrected chi connectivity index (χ3v) is 5.71. The van der Waals surface area contributed by atoms with Gasteiger partial charge in [-0.2, -0.15) is 0 Å². The van der Waals surface area contributed by atoms with Crippen molar-refractivity contribution in [1.29, 1.82) is 0 Å². The van der Waals surface area contributed by atoms with Crippen molar-refractivity contribution in [2.45, 2.75) is 6.42 Å². The number of hydrogen-bond donors (Lipinski definition) is 0. The van der Waals surface area contributed by atoms with Crippen molar-refractivity contribution in [3.8, 4) is 0 Å². The molecule has 120 valence electrons. The van der Waals surface area contributed by atoms with Crippen LogP contribution in [0.4, 0.5) is 0 Å². The zero-order valence-electron chi connectivity index (χ0n) is 12.6. The lowest BCUT2D eigenvalue weighted by molar-refractivity contribution is 0.0720. The van der Waals surface area contributed by atoms with E-state index in [1.54, 1.807) is 0 Å². The molecule has 0 radical (unpaired) electrons. The van der Waals surface area contributed by atoms with Gasteiger partial charge in [0.15, 0.2) is 0 Å². The van der Waals surface area contributed by atoms with E-state index in [0.717, 1.165) is 20.4 Å². The maximum atomic E-state index is 12.7. The number of halogens is 1. The molecule has 0 aliphatic carbocycles. The molecule has 1 fully saturated rings. The zero-order valence-corrected chi connectivity index (χ0v) is 15.5. The summed E-state index contributed by atoms with van der Waals surface area (Å²) in [7, 11) is 0. The molecule has 1 aromatic heterocycles. The van der Waals surface area contributed by atoms with E-state index >= 15 is 0 Å². The van der Waals surface area contributed by atoms with Gasteiger partial charge in [0.25, 0.3) is 11.8 Å². The van der Waals surface area contributed by atoms with Crippen LogP contribution in [0.1, 0.15) is 26.5 Å². The first kappa shape index (κ1) is 16.4. The molecule has 1 aliphatic rings. The number of hydrogen-bond acceptors (Lipinski definition) is 3. The third-order valence-electron chi connectivity index (χ3n) is 3.91. The maximum Gasteiger partial charge on any atom is 0.263 e. The second-order valence-corrected chi connectivity index (χ2v) is 7.50. The highest BCUT2D eigenvalue weighted by Gasteiger charge is 2.24. The van der Waals surface area contributed by atoms with Crippen LogP contribution in [0.2, 0.25) is 0 Å². The number of thiophene rings is 1. The number of carbonyl (C=O) groups excluding carboxylic acids is 2. The number of benzene rings is 1. The Bertz CT molecular complexity index is 702. The minimum Gasteiger partial charge on any atom is -0.337 e. The van der Waals surface area contributed by atoms with Crippen LogP contribution in [-0.2, 0) is 0 Å². The molecule has 2 amide bonds. The second kappa shape index (κ2) is 7.44. The van der Waals surface area contributed by atoms with Gasteiger partial charge in [-0.05, 0) is 52.6 Å². The third kappa shape index (κ3) is 3.74. The molecule has 0 N–H and O–H groups in total. The summed E-state index contributed by atoms with van der Waals surface area (Å²) in [6.45, 7) is 2.57. The Morgan fingerprint density at radius 2 is 1.61 bits per heavy atom. The van der Waals surface area contributed by atoms with E-state index in [4.69, 9.17) is 0 Å². The van der Waals surface area contributed by atoms with Crippen LogP contribution in [0, 0.1) is 3.57 Å². The summed E-state index contributed by atoms with van der Waals surface area (Å²) in [5.41, 5.74) is 0.742. The number of rotatable bonds is 2. The van der Waals surface area contributed by atoms with Crippen LogP contribution in [0.15, 0.2) is 41.8 Å². The van der Waals surface area contributed by atoms with Gasteiger partial charge >= 0.3 is 0 Å². The molecule has 1 saturated heterocycles. The molecular formula is C17H17IN2O2S. The van der Waals surface area contributed by atoms with Crippen molar-refractivity contribution in [3.63, 3.8) is 0 Å². The Labute approximate surface area is 153 Å². The Kier molecular flexibility index (Phi) is 5.32. The smallest absolute Gasteiger partial charge is 0.263 e. The highest BCUT2D eigenvalue weighted by Crippen LogP contribution is 2.17. The molecule has 23 heavy (non-hydrogen) atoms. The Balaban J connectivity index is 1.68. The molecule has 2 aromatic rings. The van der Waals surface area contributed by atoms with Gasteiger partial charge in [-0.15, -0.1) is 11.3 Å². The molecule has 2 heterocycles. The molecule has 6 heteroatoms. The van der Waals surface area contributed by atoms with Crippen LogP contribution in [0.25, 0.3) is 0 Å². The Hall–Kier alpha value is -1.41. The lowest BCUT2D eigenvalue weighted by Gasteiger charge is -2.22. The van der Waals surface area contributed by atoms with E-state index in [0.29, 0.717) is 26.2 Å². The van der Waals surface area contributed by atoms with Crippen molar-refractivity contribution in [2.75, 3.05) is 26.2 Å². The van der Waals surface area contributed by atoms with Gasteiger partial charge in [0, 0.05) is 29.7 Å². The quantitative estimate of drug-likeness (QED) is 0.673. The Morgan fingerprint density at radius 3 is 2.26 bits per heavy atom. The molecule has 0 atom stereocenters. The van der Waals surface area contributed by atoms with Crippen molar-refractivity contribution >= 4 is 45.7 Å². The fourth-order valence-electron chi connectivity index (χ4n) is 2.68. The predicted molar refractivity (Wildman–Crippen MR) is 99.9 cm³/mol. The SMILES string of the molecule is O=C(c1cccs1)N1CCCN(C(=O)c2ccccc2I)CC1. The van der Waals surface area contributed by atoms with Crippen LogP contribution in [0.5, 0.6) is 0 Å². The molecule has 4 nitrogen and oxygen atoms in total.